The molecule has 3 fully saturated rings. The van der Waals surface area contributed by atoms with Gasteiger partial charge in [-0.3, -0.25) is 14.4 Å². The second-order valence-corrected chi connectivity index (χ2v) is 13.2. The standard InChI is InChI=1S/C30H45N3O5S/c1-4-6-9-18-31-27(36)25-30-17-16-29(3,39-30)23(24(30)28(37)33(25)19-10-7-8-11-20-34)26(35)32-21-12-14-22(15-13-21)38-5-2/h12-15,23-25,34H,4-11,16-20H2,1-3H3,(H,31,36)(H,32,35)/t23-,24-,25?,29+,30?/m0/s1. The number of nitrogens with one attached hydrogen (secondary N) is 2. The molecule has 2 bridgehead atoms. The third-order valence-electron chi connectivity index (χ3n) is 8.63. The zero-order valence-electron chi connectivity index (χ0n) is 23.7. The van der Waals surface area contributed by atoms with Crippen LogP contribution in [0.25, 0.3) is 0 Å². The molecule has 3 saturated heterocycles. The molecule has 3 heterocycles. The topological polar surface area (TPSA) is 108 Å². The number of hydrogen-bond donors (Lipinski definition) is 3. The largest absolute Gasteiger partial charge is 0.494 e. The average molecular weight is 560 g/mol. The molecule has 8 nitrogen and oxygen atoms in total. The Hall–Kier alpha value is -2.26. The van der Waals surface area contributed by atoms with Crippen molar-refractivity contribution in [2.45, 2.75) is 94.1 Å². The van der Waals surface area contributed by atoms with Crippen molar-refractivity contribution in [3.63, 3.8) is 0 Å². The summed E-state index contributed by atoms with van der Waals surface area (Å²) in [6, 6.07) is 6.74. The lowest BCUT2D eigenvalue weighted by atomic mass is 9.66. The van der Waals surface area contributed by atoms with Gasteiger partial charge in [-0.2, -0.15) is 0 Å². The third kappa shape index (κ3) is 5.94. The predicted octanol–water partition coefficient (Wildman–Crippen LogP) is 4.36. The van der Waals surface area contributed by atoms with Crippen molar-refractivity contribution in [1.82, 2.24) is 10.2 Å². The van der Waals surface area contributed by atoms with Gasteiger partial charge >= 0.3 is 0 Å². The number of thioether (sulfide) groups is 1. The van der Waals surface area contributed by atoms with Crippen molar-refractivity contribution in [3.05, 3.63) is 24.3 Å². The summed E-state index contributed by atoms with van der Waals surface area (Å²) in [6.07, 6.45) is 7.88. The van der Waals surface area contributed by atoms with Crippen LogP contribution in [0.5, 0.6) is 5.75 Å². The normalized spacial score (nSPS) is 29.0. The minimum absolute atomic E-state index is 0.0614. The van der Waals surface area contributed by atoms with Crippen molar-refractivity contribution in [2.75, 3.05) is 31.6 Å². The summed E-state index contributed by atoms with van der Waals surface area (Å²) in [6.45, 7) is 7.99. The number of hydrogen-bond acceptors (Lipinski definition) is 6. The maximum atomic E-state index is 14.1. The Labute approximate surface area is 237 Å². The van der Waals surface area contributed by atoms with Gasteiger partial charge in [-0.1, -0.05) is 32.6 Å². The summed E-state index contributed by atoms with van der Waals surface area (Å²) in [7, 11) is 0. The van der Waals surface area contributed by atoms with Gasteiger partial charge in [0, 0.05) is 30.1 Å². The van der Waals surface area contributed by atoms with Crippen LogP contribution in [0.15, 0.2) is 24.3 Å². The van der Waals surface area contributed by atoms with Crippen molar-refractivity contribution >= 4 is 35.2 Å². The molecule has 0 aromatic heterocycles. The Bertz CT molecular complexity index is 1020. The van der Waals surface area contributed by atoms with E-state index in [4.69, 9.17) is 9.84 Å². The molecule has 0 aliphatic carbocycles. The molecule has 0 radical (unpaired) electrons. The Morgan fingerprint density at radius 3 is 2.49 bits per heavy atom. The quantitative estimate of drug-likeness (QED) is 0.276. The molecule has 216 valence electrons. The van der Waals surface area contributed by atoms with Crippen LogP contribution < -0.4 is 15.4 Å². The smallest absolute Gasteiger partial charge is 0.244 e. The van der Waals surface area contributed by atoms with Crippen LogP contribution in [-0.2, 0) is 14.4 Å². The summed E-state index contributed by atoms with van der Waals surface area (Å²) >= 11 is 1.71. The zero-order chi connectivity index (χ0) is 28.0. The van der Waals surface area contributed by atoms with Crippen molar-refractivity contribution in [1.29, 1.82) is 0 Å². The summed E-state index contributed by atoms with van der Waals surface area (Å²) in [5.74, 6) is -0.584. The SMILES string of the molecule is CCCCCNC(=O)C1N(CCCCCCO)C(=O)[C@@H]2[C@@H](C(=O)Nc3ccc(OCC)cc3)[C@@]3(C)CCC12S3. The van der Waals surface area contributed by atoms with Gasteiger partial charge < -0.3 is 25.4 Å². The molecule has 9 heteroatoms. The highest BCUT2D eigenvalue weighted by molar-refractivity contribution is 8.02. The number of carbonyl (C=O) groups is 3. The number of anilines is 1. The number of fused-ring (bicyclic) bond motifs is 1. The van der Waals surface area contributed by atoms with E-state index in [0.29, 0.717) is 25.4 Å². The Balaban J connectivity index is 1.56. The molecule has 3 aliphatic rings. The Morgan fingerprint density at radius 2 is 1.79 bits per heavy atom. The van der Waals surface area contributed by atoms with Gasteiger partial charge in [-0.25, -0.2) is 0 Å². The maximum absolute atomic E-state index is 14.1. The lowest BCUT2D eigenvalue weighted by Crippen LogP contribution is -2.54. The van der Waals surface area contributed by atoms with E-state index in [-0.39, 0.29) is 24.3 Å². The predicted molar refractivity (Wildman–Crippen MR) is 155 cm³/mol. The number of likely N-dealkylation sites (tertiary alicyclic amines) is 1. The molecule has 0 saturated carbocycles. The number of unbranched alkanes of at least 4 members (excludes halogenated alkanes) is 5. The molecule has 3 N–H and O–H groups in total. The number of ether oxygens (including phenoxy) is 1. The molecule has 5 atom stereocenters. The van der Waals surface area contributed by atoms with Crippen molar-refractivity contribution in [2.24, 2.45) is 11.8 Å². The van der Waals surface area contributed by atoms with Crippen LogP contribution in [0.2, 0.25) is 0 Å². The first-order valence-electron chi connectivity index (χ1n) is 14.7. The lowest BCUT2D eigenvalue weighted by Gasteiger charge is -2.35. The Morgan fingerprint density at radius 1 is 1.05 bits per heavy atom. The first-order chi connectivity index (χ1) is 18.8. The minimum atomic E-state index is -0.591. The summed E-state index contributed by atoms with van der Waals surface area (Å²) in [5.41, 5.74) is 0.672. The third-order valence-corrected chi connectivity index (χ3v) is 10.6. The van der Waals surface area contributed by atoms with Gasteiger partial charge in [0.15, 0.2) is 0 Å². The second kappa shape index (κ2) is 12.9. The number of aliphatic hydroxyl groups is 1. The minimum Gasteiger partial charge on any atom is -0.494 e. The van der Waals surface area contributed by atoms with Gasteiger partial charge in [0.1, 0.15) is 11.8 Å². The van der Waals surface area contributed by atoms with Gasteiger partial charge in [0.05, 0.1) is 23.2 Å². The van der Waals surface area contributed by atoms with Gasteiger partial charge in [0.25, 0.3) is 0 Å². The van der Waals surface area contributed by atoms with E-state index in [2.05, 4.69) is 24.5 Å². The first-order valence-corrected chi connectivity index (χ1v) is 15.6. The van der Waals surface area contributed by atoms with E-state index in [1.807, 2.05) is 31.2 Å². The molecular weight excluding hydrogens is 514 g/mol. The molecule has 1 aromatic rings. The lowest BCUT2D eigenvalue weighted by molar-refractivity contribution is -0.139. The fourth-order valence-electron chi connectivity index (χ4n) is 6.82. The fraction of sp³-hybridized carbons (Fsp3) is 0.700. The molecule has 3 aliphatic heterocycles. The van der Waals surface area contributed by atoms with Crippen molar-refractivity contribution < 1.29 is 24.2 Å². The zero-order valence-corrected chi connectivity index (χ0v) is 24.5. The van der Waals surface area contributed by atoms with Crippen LogP contribution in [0.4, 0.5) is 5.69 Å². The van der Waals surface area contributed by atoms with Crippen LogP contribution in [0.1, 0.15) is 78.6 Å². The first kappa shape index (κ1) is 29.7. The summed E-state index contributed by atoms with van der Waals surface area (Å²) < 4.78 is 4.53. The van der Waals surface area contributed by atoms with Gasteiger partial charge in [-0.05, 0) is 70.2 Å². The summed E-state index contributed by atoms with van der Waals surface area (Å²) in [4.78, 5) is 43.4. The van der Waals surface area contributed by atoms with Gasteiger partial charge in [0.2, 0.25) is 17.7 Å². The number of aliphatic hydroxyl groups excluding tert-OH is 1. The van der Waals surface area contributed by atoms with E-state index in [1.54, 1.807) is 16.7 Å². The number of carbonyl (C=O) groups excluding carboxylic acids is 3. The highest BCUT2D eigenvalue weighted by Gasteiger charge is 2.76. The van der Waals surface area contributed by atoms with E-state index < -0.39 is 27.4 Å². The number of amides is 3. The van der Waals surface area contributed by atoms with Crippen LogP contribution in [0.3, 0.4) is 0 Å². The molecule has 1 spiro atoms. The van der Waals surface area contributed by atoms with E-state index in [0.717, 1.165) is 63.5 Å². The van der Waals surface area contributed by atoms with Crippen molar-refractivity contribution in [3.8, 4) is 5.75 Å². The van der Waals surface area contributed by atoms with E-state index in [9.17, 15) is 14.4 Å². The van der Waals surface area contributed by atoms with Crippen LogP contribution >= 0.6 is 11.8 Å². The fourth-order valence-corrected chi connectivity index (χ4v) is 9.18. The maximum Gasteiger partial charge on any atom is 0.244 e. The molecule has 39 heavy (non-hydrogen) atoms. The number of nitrogens with zero attached hydrogens (tertiary/aromatic N) is 1. The molecule has 2 unspecified atom stereocenters. The van der Waals surface area contributed by atoms with Crippen LogP contribution in [-0.4, -0.2) is 69.6 Å². The van der Waals surface area contributed by atoms with Gasteiger partial charge in [-0.15, -0.1) is 11.8 Å². The molecular formula is C30H45N3O5S. The molecule has 4 rings (SSSR count). The highest BCUT2D eigenvalue weighted by Crippen LogP contribution is 2.71. The molecule has 3 amide bonds. The molecule has 1 aromatic carbocycles. The van der Waals surface area contributed by atoms with E-state index >= 15 is 0 Å². The summed E-state index contributed by atoms with van der Waals surface area (Å²) in [5, 5.41) is 15.3. The second-order valence-electron chi connectivity index (χ2n) is 11.3. The number of benzene rings is 1. The Kier molecular flexibility index (Phi) is 9.86. The highest BCUT2D eigenvalue weighted by atomic mass is 32.2. The van der Waals surface area contributed by atoms with Crippen LogP contribution in [0, 0.1) is 11.8 Å². The van der Waals surface area contributed by atoms with E-state index in [1.165, 1.54) is 0 Å². The number of rotatable bonds is 15. The monoisotopic (exact) mass is 559 g/mol. The average Bonchev–Trinajstić information content (AvgIpc) is 3.48.